The monoisotopic (exact) mass is 502 g/mol. The standard InChI is InChI=1S/C27H28F2N8/c1-37-8-5-19(6-9-37)32-15-23-25-20(16-2-3-16)13-30-14-22(25)34-26(35-23)17-4-7-31-24(10-17)36-27-21(29)11-18(28)12-33-27/h4,7,10-14,16,19,32H,2-3,5-6,8-9,15H2,1H3,(H,31,33,36). The van der Waals surface area contributed by atoms with Crippen LogP contribution in [0.25, 0.3) is 22.3 Å². The lowest BCUT2D eigenvalue weighted by Crippen LogP contribution is -2.40. The third-order valence-electron chi connectivity index (χ3n) is 7.08. The second-order valence-corrected chi connectivity index (χ2v) is 9.89. The fourth-order valence-corrected chi connectivity index (χ4v) is 4.87. The maximum absolute atomic E-state index is 14.1. The zero-order valence-corrected chi connectivity index (χ0v) is 20.6. The molecule has 0 amide bonds. The van der Waals surface area contributed by atoms with Crippen molar-refractivity contribution in [1.29, 1.82) is 0 Å². The minimum Gasteiger partial charge on any atom is -0.322 e. The molecule has 37 heavy (non-hydrogen) atoms. The molecule has 1 aliphatic heterocycles. The highest BCUT2D eigenvalue weighted by Gasteiger charge is 2.28. The Kier molecular flexibility index (Phi) is 6.43. The predicted molar refractivity (Wildman–Crippen MR) is 137 cm³/mol. The van der Waals surface area contributed by atoms with Crippen molar-refractivity contribution in [2.45, 2.75) is 44.2 Å². The van der Waals surface area contributed by atoms with Crippen LogP contribution in [0.5, 0.6) is 0 Å². The van der Waals surface area contributed by atoms with E-state index in [1.807, 2.05) is 12.3 Å². The summed E-state index contributed by atoms with van der Waals surface area (Å²) in [6.07, 6.45) is 10.9. The molecule has 4 aromatic heterocycles. The molecule has 5 heterocycles. The molecule has 0 bridgehead atoms. The van der Waals surface area contributed by atoms with Gasteiger partial charge in [0.1, 0.15) is 11.6 Å². The molecule has 1 saturated heterocycles. The van der Waals surface area contributed by atoms with E-state index in [1.54, 1.807) is 18.5 Å². The maximum atomic E-state index is 14.1. The Labute approximate surface area is 213 Å². The lowest BCUT2D eigenvalue weighted by atomic mass is 10.0. The molecule has 2 N–H and O–H groups in total. The topological polar surface area (TPSA) is 91.8 Å². The van der Waals surface area contributed by atoms with Crippen LogP contribution >= 0.6 is 0 Å². The predicted octanol–water partition coefficient (Wildman–Crippen LogP) is 4.56. The highest BCUT2D eigenvalue weighted by molar-refractivity contribution is 5.86. The molecule has 0 aromatic carbocycles. The van der Waals surface area contributed by atoms with Crippen LogP contribution in [0.4, 0.5) is 20.4 Å². The van der Waals surface area contributed by atoms with Crippen molar-refractivity contribution < 1.29 is 8.78 Å². The molecule has 190 valence electrons. The average Bonchev–Trinajstić information content (AvgIpc) is 3.75. The van der Waals surface area contributed by atoms with Crippen molar-refractivity contribution in [3.8, 4) is 11.4 Å². The molecule has 1 saturated carbocycles. The number of aromatic nitrogens is 5. The Morgan fingerprint density at radius 2 is 1.84 bits per heavy atom. The van der Waals surface area contributed by atoms with Crippen molar-refractivity contribution in [3.63, 3.8) is 0 Å². The van der Waals surface area contributed by atoms with Crippen molar-refractivity contribution in [1.82, 2.24) is 35.1 Å². The molecule has 2 aliphatic rings. The summed E-state index contributed by atoms with van der Waals surface area (Å²) in [6, 6.07) is 4.77. The molecule has 4 aromatic rings. The quantitative estimate of drug-likeness (QED) is 0.380. The van der Waals surface area contributed by atoms with Gasteiger partial charge in [0.05, 0.1) is 23.6 Å². The zero-order valence-electron chi connectivity index (χ0n) is 20.6. The van der Waals surface area contributed by atoms with Crippen LogP contribution in [0.2, 0.25) is 0 Å². The van der Waals surface area contributed by atoms with E-state index in [-0.39, 0.29) is 5.82 Å². The molecule has 1 aliphatic carbocycles. The van der Waals surface area contributed by atoms with Gasteiger partial charge in [0, 0.05) is 42.0 Å². The van der Waals surface area contributed by atoms with Gasteiger partial charge in [-0.2, -0.15) is 0 Å². The van der Waals surface area contributed by atoms with Crippen LogP contribution in [0.3, 0.4) is 0 Å². The first-order chi connectivity index (χ1) is 18.0. The van der Waals surface area contributed by atoms with E-state index >= 15 is 0 Å². The number of rotatable bonds is 7. The Morgan fingerprint density at radius 1 is 1.00 bits per heavy atom. The lowest BCUT2D eigenvalue weighted by molar-refractivity contribution is 0.234. The third-order valence-corrected chi connectivity index (χ3v) is 7.08. The summed E-state index contributed by atoms with van der Waals surface area (Å²) in [7, 11) is 2.16. The summed E-state index contributed by atoms with van der Waals surface area (Å²) < 4.78 is 27.4. The number of likely N-dealkylation sites (tertiary alicyclic amines) is 1. The van der Waals surface area contributed by atoms with Gasteiger partial charge >= 0.3 is 0 Å². The minimum absolute atomic E-state index is 0.105. The van der Waals surface area contributed by atoms with Gasteiger partial charge in [-0.05, 0) is 69.4 Å². The number of halogens is 2. The molecular weight excluding hydrogens is 474 g/mol. The van der Waals surface area contributed by atoms with Crippen LogP contribution < -0.4 is 10.6 Å². The lowest BCUT2D eigenvalue weighted by Gasteiger charge is -2.29. The first kappa shape index (κ1) is 23.7. The van der Waals surface area contributed by atoms with Gasteiger partial charge in [-0.15, -0.1) is 0 Å². The molecular formula is C27H28F2N8. The fourth-order valence-electron chi connectivity index (χ4n) is 4.87. The number of pyridine rings is 3. The van der Waals surface area contributed by atoms with Gasteiger partial charge < -0.3 is 15.5 Å². The summed E-state index contributed by atoms with van der Waals surface area (Å²) in [5.41, 5.74) is 3.71. The average molecular weight is 503 g/mol. The summed E-state index contributed by atoms with van der Waals surface area (Å²) in [5, 5.41) is 7.63. The Hall–Kier alpha value is -3.63. The second-order valence-electron chi connectivity index (χ2n) is 9.89. The van der Waals surface area contributed by atoms with E-state index in [4.69, 9.17) is 9.97 Å². The zero-order chi connectivity index (χ0) is 25.4. The Bertz CT molecular complexity index is 1430. The van der Waals surface area contributed by atoms with E-state index in [9.17, 15) is 8.78 Å². The van der Waals surface area contributed by atoms with E-state index < -0.39 is 11.6 Å². The number of piperidine rings is 1. The maximum Gasteiger partial charge on any atom is 0.168 e. The highest BCUT2D eigenvalue weighted by atomic mass is 19.1. The molecule has 0 spiro atoms. The minimum atomic E-state index is -0.796. The van der Waals surface area contributed by atoms with Crippen LogP contribution in [-0.2, 0) is 6.54 Å². The fraction of sp³-hybridized carbons (Fsp3) is 0.370. The number of nitrogens with zero attached hydrogens (tertiary/aromatic N) is 6. The Balaban J connectivity index is 1.34. The van der Waals surface area contributed by atoms with Gasteiger partial charge in [-0.25, -0.2) is 28.7 Å². The first-order valence-corrected chi connectivity index (χ1v) is 12.6. The molecule has 6 rings (SSSR count). The van der Waals surface area contributed by atoms with Crippen molar-refractivity contribution >= 4 is 22.5 Å². The summed E-state index contributed by atoms with van der Waals surface area (Å²) in [4.78, 5) is 24.7. The molecule has 10 heteroatoms. The van der Waals surface area contributed by atoms with Crippen LogP contribution in [0, 0.1) is 11.6 Å². The van der Waals surface area contributed by atoms with Gasteiger partial charge in [0.15, 0.2) is 17.5 Å². The molecule has 8 nitrogen and oxygen atoms in total. The molecule has 2 fully saturated rings. The number of nitrogens with one attached hydrogen (secondary N) is 2. The third kappa shape index (κ3) is 5.26. The summed E-state index contributed by atoms with van der Waals surface area (Å²) >= 11 is 0. The van der Waals surface area contributed by atoms with Gasteiger partial charge in [0.2, 0.25) is 0 Å². The smallest absolute Gasteiger partial charge is 0.168 e. The van der Waals surface area contributed by atoms with Gasteiger partial charge in [-0.1, -0.05) is 0 Å². The van der Waals surface area contributed by atoms with Crippen LogP contribution in [0.15, 0.2) is 43.0 Å². The van der Waals surface area contributed by atoms with Gasteiger partial charge in [-0.3, -0.25) is 4.98 Å². The molecule has 0 atom stereocenters. The number of fused-ring (bicyclic) bond motifs is 1. The van der Waals surface area contributed by atoms with E-state index in [0.29, 0.717) is 30.1 Å². The largest absolute Gasteiger partial charge is 0.322 e. The SMILES string of the molecule is CN1CCC(NCc2nc(-c3ccnc(Nc4ncc(F)cc4F)c3)nc3cncc(C4CC4)c23)CC1. The van der Waals surface area contributed by atoms with Crippen molar-refractivity contribution in [2.75, 3.05) is 25.5 Å². The van der Waals surface area contributed by atoms with Crippen molar-refractivity contribution in [3.05, 3.63) is 65.9 Å². The normalized spacial score (nSPS) is 16.8. The summed E-state index contributed by atoms with van der Waals surface area (Å²) in [6.45, 7) is 2.81. The van der Waals surface area contributed by atoms with E-state index in [0.717, 1.165) is 73.2 Å². The highest BCUT2D eigenvalue weighted by Crippen LogP contribution is 2.43. The van der Waals surface area contributed by atoms with Crippen molar-refractivity contribution in [2.24, 2.45) is 0 Å². The first-order valence-electron chi connectivity index (χ1n) is 12.6. The van der Waals surface area contributed by atoms with Crippen LogP contribution in [0.1, 0.15) is 42.9 Å². The number of hydrogen-bond donors (Lipinski definition) is 2. The van der Waals surface area contributed by atoms with E-state index in [1.165, 1.54) is 5.56 Å². The second kappa shape index (κ2) is 10.0. The number of hydrogen-bond acceptors (Lipinski definition) is 8. The van der Waals surface area contributed by atoms with Crippen LogP contribution in [-0.4, -0.2) is 56.0 Å². The molecule has 0 radical (unpaired) electrons. The van der Waals surface area contributed by atoms with Gasteiger partial charge in [0.25, 0.3) is 0 Å². The van der Waals surface area contributed by atoms with E-state index in [2.05, 4.69) is 37.5 Å². The Morgan fingerprint density at radius 3 is 2.62 bits per heavy atom. The molecule has 0 unspecified atom stereocenters. The summed E-state index contributed by atoms with van der Waals surface area (Å²) in [5.74, 6) is -0.227. The number of anilines is 2.